The van der Waals surface area contributed by atoms with Crippen LogP contribution < -0.4 is 9.80 Å². The Bertz CT molecular complexity index is 2410. The van der Waals surface area contributed by atoms with Crippen LogP contribution in [0.2, 0.25) is 23.7 Å². The van der Waals surface area contributed by atoms with Crippen molar-refractivity contribution in [1.82, 2.24) is 4.90 Å². The summed E-state index contributed by atoms with van der Waals surface area (Å²) in [4.78, 5) is 48.1. The number of anilines is 3. The van der Waals surface area contributed by atoms with Crippen LogP contribution in [0.3, 0.4) is 0 Å². The maximum absolute atomic E-state index is 16.6. The molecule has 11 heteroatoms. The van der Waals surface area contributed by atoms with E-state index in [0.29, 0.717) is 40.5 Å². The zero-order valence-corrected chi connectivity index (χ0v) is 32.6. The molecular formula is C44H41ClFN3O5Si. The summed E-state index contributed by atoms with van der Waals surface area (Å²) in [6.07, 6.45) is -0.484. The van der Waals surface area contributed by atoms with E-state index >= 15 is 8.90 Å². The van der Waals surface area contributed by atoms with Gasteiger partial charge in [-0.3, -0.25) is 19.3 Å². The van der Waals surface area contributed by atoms with Crippen LogP contribution in [-0.2, 0) is 39.4 Å². The van der Waals surface area contributed by atoms with Gasteiger partial charge in [0, 0.05) is 39.7 Å². The van der Waals surface area contributed by atoms with Gasteiger partial charge in [-0.2, -0.15) is 0 Å². The van der Waals surface area contributed by atoms with E-state index < -0.39 is 37.6 Å². The minimum atomic E-state index is -3.57. The molecule has 5 aromatic rings. The van der Waals surface area contributed by atoms with Crippen molar-refractivity contribution in [3.63, 3.8) is 0 Å². The summed E-state index contributed by atoms with van der Waals surface area (Å²) in [5.74, 6) is -1.31. The van der Waals surface area contributed by atoms with Crippen LogP contribution in [0.1, 0.15) is 46.0 Å². The Kier molecular flexibility index (Phi) is 8.54. The monoisotopic (exact) mass is 773 g/mol. The predicted octanol–water partition coefficient (Wildman–Crippen LogP) is 8.44. The van der Waals surface area contributed by atoms with Crippen molar-refractivity contribution in [2.75, 3.05) is 16.4 Å². The molecule has 1 spiro atoms. The number of rotatable bonds is 7. The molecule has 0 radical (unpaired) electrons. The number of amides is 3. The second kappa shape index (κ2) is 13.1. The third-order valence-corrected chi connectivity index (χ3v) is 14.9. The lowest BCUT2D eigenvalue weighted by Crippen LogP contribution is -2.48. The van der Waals surface area contributed by atoms with Crippen LogP contribution in [0.25, 0.3) is 10.8 Å². The Labute approximate surface area is 325 Å². The number of aliphatic hydroxyl groups is 1. The molecule has 5 atom stereocenters. The molecule has 1 fully saturated rings. The molecule has 280 valence electrons. The van der Waals surface area contributed by atoms with Crippen molar-refractivity contribution in [2.24, 2.45) is 5.92 Å². The first kappa shape index (κ1) is 35.8. The summed E-state index contributed by atoms with van der Waals surface area (Å²) in [6.45, 7) is 5.38. The molecule has 9 rings (SSSR count). The minimum absolute atomic E-state index is 0.114. The molecule has 0 aromatic heterocycles. The number of halogens is 2. The Morgan fingerprint density at radius 1 is 0.945 bits per heavy atom. The molecule has 0 saturated carbocycles. The van der Waals surface area contributed by atoms with Crippen molar-refractivity contribution in [3.8, 4) is 0 Å². The second-order valence-electron chi connectivity index (χ2n) is 15.8. The number of benzene rings is 5. The highest BCUT2D eigenvalue weighted by atomic mass is 35.5. The number of carbonyl (C=O) groups excluding carboxylic acids is 3. The Balaban J connectivity index is 1.04. The first-order valence-corrected chi connectivity index (χ1v) is 22.1. The van der Waals surface area contributed by atoms with Gasteiger partial charge in [-0.1, -0.05) is 79.2 Å². The summed E-state index contributed by atoms with van der Waals surface area (Å²) in [6, 6.07) is 31.9. The highest BCUT2D eigenvalue weighted by molar-refractivity contribution is 6.72. The predicted molar refractivity (Wildman–Crippen MR) is 214 cm³/mol. The molecule has 4 aliphatic heterocycles. The lowest BCUT2D eigenvalue weighted by molar-refractivity contribution is -0.151. The number of aliphatic hydroxyl groups excluding tert-OH is 1. The third kappa shape index (κ3) is 5.56. The average molecular weight is 774 g/mol. The molecule has 0 aliphatic carbocycles. The number of hydrogen-bond acceptors (Lipinski definition) is 5. The quantitative estimate of drug-likeness (QED) is 0.133. The fraction of sp³-hybridized carbons (Fsp3) is 0.295. The van der Waals surface area contributed by atoms with Crippen LogP contribution in [0.5, 0.6) is 0 Å². The number of fused-ring (bicyclic) bond motifs is 3. The molecule has 4 aliphatic rings. The van der Waals surface area contributed by atoms with Gasteiger partial charge in [-0.15, -0.1) is 0 Å². The molecule has 0 bridgehead atoms. The molecular weight excluding hydrogens is 733 g/mol. The summed E-state index contributed by atoms with van der Waals surface area (Å²) >= 11 is 6.62. The van der Waals surface area contributed by atoms with E-state index in [1.807, 2.05) is 91.9 Å². The number of nitrogens with zero attached hydrogens (tertiary/aromatic N) is 3. The first-order valence-electron chi connectivity index (χ1n) is 18.8. The highest BCUT2D eigenvalue weighted by Crippen LogP contribution is 2.60. The van der Waals surface area contributed by atoms with Crippen molar-refractivity contribution in [2.45, 2.75) is 69.2 Å². The van der Waals surface area contributed by atoms with Crippen LogP contribution in [0, 0.1) is 5.92 Å². The van der Waals surface area contributed by atoms with Crippen LogP contribution in [-0.4, -0.2) is 54.9 Å². The summed E-state index contributed by atoms with van der Waals surface area (Å²) in [5.41, 5.74) is 3.93. The molecule has 4 heterocycles. The van der Waals surface area contributed by atoms with Crippen LogP contribution >= 0.6 is 11.6 Å². The summed E-state index contributed by atoms with van der Waals surface area (Å²) in [5, 5.41) is 12.6. The summed E-state index contributed by atoms with van der Waals surface area (Å²) in [7, 11) is -3.57. The maximum Gasteiger partial charge on any atom is 0.264 e. The lowest BCUT2D eigenvalue weighted by atomic mass is 9.82. The van der Waals surface area contributed by atoms with Crippen LogP contribution in [0.15, 0.2) is 103 Å². The lowest BCUT2D eigenvalue weighted by Gasteiger charge is -2.37. The van der Waals surface area contributed by atoms with Gasteiger partial charge >= 0.3 is 0 Å². The van der Waals surface area contributed by atoms with E-state index in [1.165, 1.54) is 0 Å². The molecule has 8 nitrogen and oxygen atoms in total. The SMILES string of the molecule is C[C@H]1[C@H]([Si](C)(C)F)[C@@H](CC(=O)N2Cc3ccccc3C[C@H]2CO)O[C@]12C(=O)N(Cc1cccc(N3C(=O)c4cccc5cccc3c45)c1)c1ccc(Cl)cc12. The standard InChI is InChI=1S/C44H41ClFN3O5Si/c1-26-41(55(2,3)46)38(22-39(51)47-24-30-11-5-4-10-29(30)20-33(47)25-50)54-44(26)35-21-31(45)17-18-36(35)48(43(44)53)23-27-9-6-14-32(19-27)49-37-16-8-13-28-12-7-15-34(40(28)37)42(49)52/h4-19,21,26,33,38,41,50H,20,22-25H2,1-3H3/t26-,33-,38+,41-,44+/m0/s1. The van der Waals surface area contributed by atoms with Crippen molar-refractivity contribution < 1.29 is 28.3 Å². The zero-order chi connectivity index (χ0) is 38.4. The van der Waals surface area contributed by atoms with E-state index in [-0.39, 0.29) is 37.3 Å². The minimum Gasteiger partial charge on any atom is -0.394 e. The fourth-order valence-electron chi connectivity index (χ4n) is 9.86. The van der Waals surface area contributed by atoms with Gasteiger partial charge in [0.2, 0.25) is 14.3 Å². The normalized spacial score (nSPS) is 24.3. The molecule has 1 saturated heterocycles. The van der Waals surface area contributed by atoms with E-state index in [2.05, 4.69) is 0 Å². The Hall–Kier alpha value is -4.87. The molecule has 55 heavy (non-hydrogen) atoms. The van der Waals surface area contributed by atoms with Gasteiger partial charge in [-0.25, -0.2) is 0 Å². The van der Waals surface area contributed by atoms with Crippen molar-refractivity contribution in [3.05, 3.63) is 136 Å². The van der Waals surface area contributed by atoms with Crippen LogP contribution in [0.4, 0.5) is 21.2 Å². The van der Waals surface area contributed by atoms with E-state index in [0.717, 1.165) is 33.2 Å². The molecule has 0 unspecified atom stereocenters. The van der Waals surface area contributed by atoms with Gasteiger partial charge in [0.05, 0.1) is 48.7 Å². The Morgan fingerprint density at radius 3 is 2.45 bits per heavy atom. The average Bonchev–Trinajstić information content (AvgIpc) is 3.72. The largest absolute Gasteiger partial charge is 0.394 e. The van der Waals surface area contributed by atoms with E-state index in [9.17, 15) is 14.7 Å². The van der Waals surface area contributed by atoms with E-state index in [4.69, 9.17) is 16.3 Å². The number of hydrogen-bond donors (Lipinski definition) is 1. The smallest absolute Gasteiger partial charge is 0.264 e. The third-order valence-electron chi connectivity index (χ3n) is 12.3. The van der Waals surface area contributed by atoms with E-state index in [1.54, 1.807) is 46.0 Å². The maximum atomic E-state index is 16.6. The molecule has 5 aromatic carbocycles. The topological polar surface area (TPSA) is 90.4 Å². The molecule has 1 N–H and O–H groups in total. The fourth-order valence-corrected chi connectivity index (χ4v) is 12.5. The number of ether oxygens (including phenoxy) is 1. The Morgan fingerprint density at radius 2 is 1.69 bits per heavy atom. The summed E-state index contributed by atoms with van der Waals surface area (Å²) < 4.78 is 23.5. The molecule has 3 amide bonds. The van der Waals surface area contributed by atoms with Crippen molar-refractivity contribution >= 4 is 65.6 Å². The first-order chi connectivity index (χ1) is 26.4. The number of carbonyl (C=O) groups is 3. The van der Waals surface area contributed by atoms with Gasteiger partial charge in [-0.05, 0) is 84.1 Å². The van der Waals surface area contributed by atoms with Gasteiger partial charge in [0.25, 0.3) is 11.8 Å². The highest BCUT2D eigenvalue weighted by Gasteiger charge is 2.67. The van der Waals surface area contributed by atoms with Gasteiger partial charge in [0.1, 0.15) is 0 Å². The zero-order valence-electron chi connectivity index (χ0n) is 30.8. The second-order valence-corrected chi connectivity index (χ2v) is 20.1. The van der Waals surface area contributed by atoms with Gasteiger partial charge < -0.3 is 23.8 Å². The van der Waals surface area contributed by atoms with Crippen molar-refractivity contribution in [1.29, 1.82) is 0 Å². The van der Waals surface area contributed by atoms with Gasteiger partial charge in [0.15, 0.2) is 5.60 Å².